The number of hydrogen-bond acceptors (Lipinski definition) is 1. The van der Waals surface area contributed by atoms with E-state index in [1.807, 2.05) is 13.1 Å². The van der Waals surface area contributed by atoms with E-state index in [1.54, 1.807) is 6.07 Å². The molecule has 1 unspecified atom stereocenters. The van der Waals surface area contributed by atoms with E-state index in [4.69, 9.17) is 23.2 Å². The Morgan fingerprint density at radius 1 is 1.32 bits per heavy atom. The number of fused-ring (bicyclic) bond motifs is 3. The largest absolute Gasteiger partial charge is 0.357 e. The maximum Gasteiger partial charge on any atom is 0.0662 e. The van der Waals surface area contributed by atoms with Crippen molar-refractivity contribution < 1.29 is 0 Å². The molecule has 0 aliphatic heterocycles. The van der Waals surface area contributed by atoms with Crippen LogP contribution in [-0.2, 0) is 6.42 Å². The van der Waals surface area contributed by atoms with Crippen LogP contribution in [0.3, 0.4) is 0 Å². The number of hydrogen-bond donors (Lipinski definition) is 2. The summed E-state index contributed by atoms with van der Waals surface area (Å²) in [6.07, 6.45) is 2.16. The van der Waals surface area contributed by atoms with Crippen molar-refractivity contribution in [3.63, 3.8) is 0 Å². The van der Waals surface area contributed by atoms with Crippen LogP contribution in [-0.4, -0.2) is 12.0 Å². The monoisotopic (exact) mass is 296 g/mol. The second-order valence-corrected chi connectivity index (χ2v) is 7.06. The van der Waals surface area contributed by atoms with Crippen LogP contribution < -0.4 is 5.32 Å². The van der Waals surface area contributed by atoms with Crippen LogP contribution in [0.4, 0.5) is 0 Å². The van der Waals surface area contributed by atoms with Crippen molar-refractivity contribution in [3.8, 4) is 0 Å². The van der Waals surface area contributed by atoms with E-state index in [1.165, 1.54) is 11.3 Å². The van der Waals surface area contributed by atoms with Crippen molar-refractivity contribution >= 4 is 34.1 Å². The summed E-state index contributed by atoms with van der Waals surface area (Å²) in [5, 5.41) is 5.97. The predicted octanol–water partition coefficient (Wildman–Crippen LogP) is 4.71. The normalized spacial score (nSPS) is 21.6. The van der Waals surface area contributed by atoms with E-state index in [2.05, 4.69) is 24.1 Å². The minimum Gasteiger partial charge on any atom is -0.357 e. The molecule has 1 aliphatic rings. The van der Waals surface area contributed by atoms with Gasteiger partial charge in [0.15, 0.2) is 0 Å². The average molecular weight is 297 g/mol. The van der Waals surface area contributed by atoms with Crippen LogP contribution >= 0.6 is 23.2 Å². The molecule has 0 bridgehead atoms. The lowest BCUT2D eigenvalue weighted by molar-refractivity contribution is 0.264. The molecular weight excluding hydrogens is 279 g/mol. The fourth-order valence-corrected chi connectivity index (χ4v) is 3.82. The molecule has 0 saturated carbocycles. The first kappa shape index (κ1) is 13.3. The summed E-state index contributed by atoms with van der Waals surface area (Å²) in [6.45, 7) is 4.61. The highest BCUT2D eigenvalue weighted by atomic mass is 35.5. The van der Waals surface area contributed by atoms with Gasteiger partial charge >= 0.3 is 0 Å². The van der Waals surface area contributed by atoms with E-state index in [-0.39, 0.29) is 5.41 Å². The number of H-pyrrole nitrogens is 1. The summed E-state index contributed by atoms with van der Waals surface area (Å²) in [4.78, 5) is 3.50. The number of halogens is 2. The van der Waals surface area contributed by atoms with Crippen molar-refractivity contribution in [2.24, 2.45) is 5.41 Å². The first-order valence-corrected chi connectivity index (χ1v) is 7.33. The highest BCUT2D eigenvalue weighted by Crippen LogP contribution is 2.45. The van der Waals surface area contributed by atoms with Crippen molar-refractivity contribution in [3.05, 3.63) is 33.4 Å². The first-order chi connectivity index (χ1) is 8.91. The van der Waals surface area contributed by atoms with Gasteiger partial charge in [0.1, 0.15) is 0 Å². The Morgan fingerprint density at radius 3 is 2.74 bits per heavy atom. The maximum absolute atomic E-state index is 6.31. The third-order valence-corrected chi connectivity index (χ3v) is 4.57. The highest BCUT2D eigenvalue weighted by Gasteiger charge is 2.34. The fourth-order valence-electron chi connectivity index (χ4n) is 3.28. The Labute approximate surface area is 123 Å². The second-order valence-electron chi connectivity index (χ2n) is 6.21. The number of nitrogens with one attached hydrogen (secondary N) is 2. The molecule has 2 nitrogen and oxygen atoms in total. The topological polar surface area (TPSA) is 27.8 Å². The highest BCUT2D eigenvalue weighted by molar-refractivity contribution is 6.38. The molecule has 1 heterocycles. The molecule has 1 aromatic carbocycles. The number of aromatic nitrogens is 1. The smallest absolute Gasteiger partial charge is 0.0662 e. The van der Waals surface area contributed by atoms with Crippen molar-refractivity contribution in [2.45, 2.75) is 32.7 Å². The van der Waals surface area contributed by atoms with Gasteiger partial charge in [0.2, 0.25) is 0 Å². The summed E-state index contributed by atoms with van der Waals surface area (Å²) >= 11 is 12.5. The standard InChI is InChI=1S/C15H18Cl2N2/c1-15(2)6-11(18-3)13-9-4-8(16)5-10(17)14(9)19-12(13)7-15/h4-5,11,18-19H,6-7H2,1-3H3. The summed E-state index contributed by atoms with van der Waals surface area (Å²) in [5.41, 5.74) is 3.92. The molecule has 0 spiro atoms. The zero-order chi connectivity index (χ0) is 13.8. The Morgan fingerprint density at radius 2 is 2.05 bits per heavy atom. The van der Waals surface area contributed by atoms with Gasteiger partial charge in [0, 0.05) is 22.1 Å². The molecule has 3 rings (SSSR count). The lowest BCUT2D eigenvalue weighted by Crippen LogP contribution is -2.31. The van der Waals surface area contributed by atoms with Crippen LogP contribution in [0, 0.1) is 5.41 Å². The van der Waals surface area contributed by atoms with Crippen LogP contribution in [0.25, 0.3) is 10.9 Å². The summed E-state index contributed by atoms with van der Waals surface area (Å²) in [7, 11) is 2.01. The zero-order valence-electron chi connectivity index (χ0n) is 11.4. The van der Waals surface area contributed by atoms with Gasteiger partial charge < -0.3 is 10.3 Å². The Kier molecular flexibility index (Phi) is 3.08. The molecule has 4 heteroatoms. The number of aromatic amines is 1. The number of benzene rings is 1. The van der Waals surface area contributed by atoms with Crippen molar-refractivity contribution in [1.82, 2.24) is 10.3 Å². The van der Waals surface area contributed by atoms with Gasteiger partial charge in [0.25, 0.3) is 0 Å². The lowest BCUT2D eigenvalue weighted by atomic mass is 9.74. The van der Waals surface area contributed by atoms with Crippen LogP contribution in [0.15, 0.2) is 12.1 Å². The summed E-state index contributed by atoms with van der Waals surface area (Å²) in [6, 6.07) is 4.16. The molecule has 0 amide bonds. The summed E-state index contributed by atoms with van der Waals surface area (Å²) in [5.74, 6) is 0. The molecule has 0 saturated heterocycles. The number of rotatable bonds is 1. The van der Waals surface area contributed by atoms with Crippen LogP contribution in [0.2, 0.25) is 10.0 Å². The lowest BCUT2D eigenvalue weighted by Gasteiger charge is -2.35. The molecule has 102 valence electrons. The third kappa shape index (κ3) is 2.16. The van der Waals surface area contributed by atoms with Gasteiger partial charge in [-0.15, -0.1) is 0 Å². The second kappa shape index (κ2) is 4.41. The van der Waals surface area contributed by atoms with Gasteiger partial charge in [-0.2, -0.15) is 0 Å². The van der Waals surface area contributed by atoms with Crippen molar-refractivity contribution in [1.29, 1.82) is 0 Å². The SMILES string of the molecule is CNC1CC(C)(C)Cc2[nH]c3c(Cl)cc(Cl)cc3c21. The van der Waals surface area contributed by atoms with Crippen LogP contribution in [0.1, 0.15) is 37.6 Å². The average Bonchev–Trinajstić information content (AvgIpc) is 2.65. The Bertz CT molecular complexity index is 643. The molecule has 1 aromatic heterocycles. The van der Waals surface area contributed by atoms with Crippen molar-refractivity contribution in [2.75, 3.05) is 7.05 Å². The van der Waals surface area contributed by atoms with E-state index in [0.717, 1.165) is 23.7 Å². The van der Waals surface area contributed by atoms with E-state index in [0.29, 0.717) is 16.1 Å². The maximum atomic E-state index is 6.31. The zero-order valence-corrected chi connectivity index (χ0v) is 12.9. The van der Waals surface area contributed by atoms with Gasteiger partial charge in [0.05, 0.1) is 10.5 Å². The van der Waals surface area contributed by atoms with Gasteiger partial charge in [-0.1, -0.05) is 37.0 Å². The van der Waals surface area contributed by atoms with Gasteiger partial charge in [-0.3, -0.25) is 0 Å². The fraction of sp³-hybridized carbons (Fsp3) is 0.467. The Hall–Kier alpha value is -0.700. The van der Waals surface area contributed by atoms with E-state index in [9.17, 15) is 0 Å². The van der Waals surface area contributed by atoms with Crippen LogP contribution in [0.5, 0.6) is 0 Å². The predicted molar refractivity (Wildman–Crippen MR) is 82.2 cm³/mol. The molecule has 0 fully saturated rings. The molecule has 2 N–H and O–H groups in total. The summed E-state index contributed by atoms with van der Waals surface area (Å²) < 4.78 is 0. The minimum absolute atomic E-state index is 0.290. The van der Waals surface area contributed by atoms with Gasteiger partial charge in [-0.05, 0) is 43.0 Å². The molecule has 19 heavy (non-hydrogen) atoms. The molecule has 1 aliphatic carbocycles. The first-order valence-electron chi connectivity index (χ1n) is 6.58. The minimum atomic E-state index is 0.290. The molecule has 1 atom stereocenters. The van der Waals surface area contributed by atoms with E-state index < -0.39 is 0 Å². The molecule has 2 aromatic rings. The van der Waals surface area contributed by atoms with E-state index >= 15 is 0 Å². The Balaban J connectivity index is 2.29. The van der Waals surface area contributed by atoms with Gasteiger partial charge in [-0.25, -0.2) is 0 Å². The molecule has 0 radical (unpaired) electrons. The molecular formula is C15H18Cl2N2. The third-order valence-electron chi connectivity index (χ3n) is 4.06. The quantitative estimate of drug-likeness (QED) is 0.784.